The van der Waals surface area contributed by atoms with Crippen LogP contribution >= 0.6 is 23.2 Å². The Balaban J connectivity index is 1.89. The van der Waals surface area contributed by atoms with E-state index in [-0.39, 0.29) is 32.3 Å². The Hall–Kier alpha value is -3.22. The number of aliphatic hydroxyl groups excluding tert-OH is 1. The molecule has 34 heavy (non-hydrogen) atoms. The van der Waals surface area contributed by atoms with Crippen LogP contribution in [0.1, 0.15) is 43.7 Å². The van der Waals surface area contributed by atoms with E-state index in [0.717, 1.165) is 5.56 Å². The molecule has 0 aliphatic carbocycles. The number of benzene rings is 2. The predicted octanol–water partition coefficient (Wildman–Crippen LogP) is 6.52. The molecule has 0 bridgehead atoms. The van der Waals surface area contributed by atoms with Crippen LogP contribution in [0.15, 0.2) is 64.8 Å². The van der Waals surface area contributed by atoms with Crippen LogP contribution in [-0.2, 0) is 15.0 Å². The zero-order valence-corrected chi connectivity index (χ0v) is 20.6. The number of anilines is 1. The van der Waals surface area contributed by atoms with E-state index in [9.17, 15) is 14.7 Å². The number of methoxy groups -OCH3 is 1. The Morgan fingerprint density at radius 3 is 2.18 bits per heavy atom. The smallest absolute Gasteiger partial charge is 0.300 e. The van der Waals surface area contributed by atoms with Crippen molar-refractivity contribution in [1.82, 2.24) is 0 Å². The number of hydrogen-bond donors (Lipinski definition) is 1. The number of Topliss-reactive ketones (excluding diaryl/α,β-unsaturated/α-hetero) is 1. The van der Waals surface area contributed by atoms with Gasteiger partial charge in [0.2, 0.25) is 0 Å². The standard InChI is InChI=1S/C26H23Cl2NO5/c1-26(2,3)15-7-9-16(10-8-15)29-21(19-6-5-11-34-19)20(23(31)25(29)32)22(30)14-12-17(27)24(33-4)18(28)13-14/h5-13,21,30H,1-4H3/b22-20-. The fourth-order valence-corrected chi connectivity index (χ4v) is 4.63. The molecule has 4 rings (SSSR count). The van der Waals surface area contributed by atoms with Crippen LogP contribution in [0, 0.1) is 0 Å². The lowest BCUT2D eigenvalue weighted by molar-refractivity contribution is -0.132. The summed E-state index contributed by atoms with van der Waals surface area (Å²) >= 11 is 12.5. The molecular weight excluding hydrogens is 477 g/mol. The topological polar surface area (TPSA) is 80.0 Å². The number of amides is 1. The van der Waals surface area contributed by atoms with Gasteiger partial charge in [0.1, 0.15) is 17.6 Å². The first kappa shape index (κ1) is 23.9. The second-order valence-corrected chi connectivity index (χ2v) is 9.77. The van der Waals surface area contributed by atoms with Crippen molar-refractivity contribution in [3.8, 4) is 5.75 Å². The van der Waals surface area contributed by atoms with Gasteiger partial charge in [-0.05, 0) is 47.4 Å². The van der Waals surface area contributed by atoms with Crippen molar-refractivity contribution in [3.05, 3.63) is 87.3 Å². The maximum absolute atomic E-state index is 13.2. The molecule has 1 amide bonds. The first-order chi connectivity index (χ1) is 16.0. The fraction of sp³-hybridized carbons (Fsp3) is 0.231. The molecule has 1 aliphatic rings. The van der Waals surface area contributed by atoms with Crippen molar-refractivity contribution in [2.75, 3.05) is 12.0 Å². The molecule has 176 valence electrons. The number of carbonyl (C=O) groups is 2. The van der Waals surface area contributed by atoms with Gasteiger partial charge in [-0.1, -0.05) is 56.1 Å². The molecule has 1 N–H and O–H groups in total. The van der Waals surface area contributed by atoms with Crippen molar-refractivity contribution < 1.29 is 23.8 Å². The third kappa shape index (κ3) is 4.08. The molecule has 1 unspecified atom stereocenters. The maximum atomic E-state index is 13.2. The van der Waals surface area contributed by atoms with Gasteiger partial charge in [-0.2, -0.15) is 0 Å². The Morgan fingerprint density at radius 1 is 1.06 bits per heavy atom. The number of ether oxygens (including phenoxy) is 1. The number of rotatable bonds is 4. The SMILES string of the molecule is COc1c(Cl)cc(/C(O)=C2/C(=O)C(=O)N(c3ccc(C(C)(C)C)cc3)C2c2ccco2)cc1Cl. The Labute approximate surface area is 207 Å². The largest absolute Gasteiger partial charge is 0.507 e. The zero-order valence-electron chi connectivity index (χ0n) is 19.1. The molecule has 3 aromatic rings. The van der Waals surface area contributed by atoms with Crippen LogP contribution < -0.4 is 9.64 Å². The summed E-state index contributed by atoms with van der Waals surface area (Å²) in [6.07, 6.45) is 1.44. The van der Waals surface area contributed by atoms with Crippen LogP contribution in [0.4, 0.5) is 5.69 Å². The predicted molar refractivity (Wildman–Crippen MR) is 132 cm³/mol. The summed E-state index contributed by atoms with van der Waals surface area (Å²) in [4.78, 5) is 27.7. The molecule has 2 heterocycles. The number of aliphatic hydroxyl groups is 1. The molecule has 0 radical (unpaired) electrons. The molecule has 1 saturated heterocycles. The highest BCUT2D eigenvalue weighted by atomic mass is 35.5. The van der Waals surface area contributed by atoms with Crippen LogP contribution in [0.3, 0.4) is 0 Å². The lowest BCUT2D eigenvalue weighted by Gasteiger charge is -2.25. The molecule has 1 aliphatic heterocycles. The minimum Gasteiger partial charge on any atom is -0.507 e. The molecule has 0 saturated carbocycles. The monoisotopic (exact) mass is 499 g/mol. The molecule has 1 atom stereocenters. The summed E-state index contributed by atoms with van der Waals surface area (Å²) < 4.78 is 10.7. The van der Waals surface area contributed by atoms with Gasteiger partial charge in [-0.3, -0.25) is 14.5 Å². The Morgan fingerprint density at radius 2 is 1.68 bits per heavy atom. The van der Waals surface area contributed by atoms with Crippen molar-refractivity contribution >= 4 is 46.3 Å². The summed E-state index contributed by atoms with van der Waals surface area (Å²) in [5.41, 5.74) is 1.54. The van der Waals surface area contributed by atoms with Crippen LogP contribution in [0.2, 0.25) is 10.0 Å². The van der Waals surface area contributed by atoms with Crippen LogP contribution in [0.5, 0.6) is 5.75 Å². The Kier molecular flexibility index (Phi) is 6.23. The second-order valence-electron chi connectivity index (χ2n) is 8.95. The fourth-order valence-electron chi connectivity index (χ4n) is 3.98. The maximum Gasteiger partial charge on any atom is 0.300 e. The summed E-state index contributed by atoms with van der Waals surface area (Å²) in [6, 6.07) is 12.6. The van der Waals surface area contributed by atoms with Gasteiger partial charge in [0.15, 0.2) is 5.75 Å². The molecule has 1 fully saturated rings. The highest BCUT2D eigenvalue weighted by Crippen LogP contribution is 2.44. The van der Waals surface area contributed by atoms with E-state index in [1.165, 1.54) is 30.4 Å². The van der Waals surface area contributed by atoms with Crippen LogP contribution in [-0.4, -0.2) is 23.9 Å². The van der Waals surface area contributed by atoms with Crippen molar-refractivity contribution in [2.45, 2.75) is 32.2 Å². The van der Waals surface area contributed by atoms with Gasteiger partial charge in [0.25, 0.3) is 11.7 Å². The van der Waals surface area contributed by atoms with E-state index in [1.807, 2.05) is 12.1 Å². The first-order valence-corrected chi connectivity index (χ1v) is 11.3. The van der Waals surface area contributed by atoms with Gasteiger partial charge in [0.05, 0.1) is 29.0 Å². The van der Waals surface area contributed by atoms with Gasteiger partial charge in [-0.15, -0.1) is 0 Å². The zero-order chi connectivity index (χ0) is 24.8. The average molecular weight is 500 g/mol. The molecule has 6 nitrogen and oxygen atoms in total. The molecule has 0 spiro atoms. The summed E-state index contributed by atoms with van der Waals surface area (Å²) in [5.74, 6) is -1.48. The summed E-state index contributed by atoms with van der Waals surface area (Å²) in [7, 11) is 1.42. The third-order valence-electron chi connectivity index (χ3n) is 5.74. The van der Waals surface area contributed by atoms with Crippen molar-refractivity contribution in [1.29, 1.82) is 0 Å². The van der Waals surface area contributed by atoms with E-state index >= 15 is 0 Å². The summed E-state index contributed by atoms with van der Waals surface area (Å²) in [5, 5.41) is 11.5. The molecule has 2 aromatic carbocycles. The van der Waals surface area contributed by atoms with E-state index in [2.05, 4.69) is 20.8 Å². The van der Waals surface area contributed by atoms with E-state index < -0.39 is 23.5 Å². The van der Waals surface area contributed by atoms with Crippen LogP contribution in [0.25, 0.3) is 5.76 Å². The minimum atomic E-state index is -0.977. The number of ketones is 1. The van der Waals surface area contributed by atoms with Gasteiger partial charge < -0.3 is 14.3 Å². The quantitative estimate of drug-likeness (QED) is 0.251. The number of carbonyl (C=O) groups excluding carboxylic acids is 2. The minimum absolute atomic E-state index is 0.0833. The number of nitrogens with zero attached hydrogens (tertiary/aromatic N) is 1. The van der Waals surface area contributed by atoms with Gasteiger partial charge >= 0.3 is 0 Å². The van der Waals surface area contributed by atoms with E-state index in [1.54, 1.807) is 24.3 Å². The molecule has 1 aromatic heterocycles. The average Bonchev–Trinajstić information content (AvgIpc) is 3.39. The van der Waals surface area contributed by atoms with Crippen molar-refractivity contribution in [2.24, 2.45) is 0 Å². The number of furan rings is 1. The highest BCUT2D eigenvalue weighted by Gasteiger charge is 2.48. The van der Waals surface area contributed by atoms with Crippen molar-refractivity contribution in [3.63, 3.8) is 0 Å². The van der Waals surface area contributed by atoms with Gasteiger partial charge in [-0.25, -0.2) is 0 Å². The number of hydrogen-bond acceptors (Lipinski definition) is 5. The molecular formula is C26H23Cl2NO5. The summed E-state index contributed by atoms with van der Waals surface area (Å²) in [6.45, 7) is 6.26. The number of halogens is 2. The third-order valence-corrected chi connectivity index (χ3v) is 6.31. The molecule has 8 heteroatoms. The van der Waals surface area contributed by atoms with Gasteiger partial charge in [0, 0.05) is 11.3 Å². The normalized spacial score (nSPS) is 17.9. The first-order valence-electron chi connectivity index (χ1n) is 10.5. The van der Waals surface area contributed by atoms with E-state index in [0.29, 0.717) is 11.4 Å². The van der Waals surface area contributed by atoms with E-state index in [4.69, 9.17) is 32.4 Å². The Bertz CT molecular complexity index is 1260. The lowest BCUT2D eigenvalue weighted by Crippen LogP contribution is -2.29. The highest BCUT2D eigenvalue weighted by molar-refractivity contribution is 6.51. The second kappa shape index (κ2) is 8.85. The lowest BCUT2D eigenvalue weighted by atomic mass is 9.87.